The molecular weight excluding hydrogens is 290 g/mol. The van der Waals surface area contributed by atoms with Crippen LogP contribution in [0.15, 0.2) is 23.1 Å². The topological polar surface area (TPSA) is 93.5 Å². The lowest BCUT2D eigenvalue weighted by atomic mass is 10.1. The van der Waals surface area contributed by atoms with Gasteiger partial charge >= 0.3 is 0 Å². The Kier molecular flexibility index (Phi) is 3.81. The zero-order chi connectivity index (χ0) is 15.0. The molecule has 21 heavy (non-hydrogen) atoms. The predicted octanol–water partition coefficient (Wildman–Crippen LogP) is 1.16. The van der Waals surface area contributed by atoms with Crippen LogP contribution in [-0.4, -0.2) is 34.2 Å². The zero-order valence-corrected chi connectivity index (χ0v) is 12.8. The van der Waals surface area contributed by atoms with Gasteiger partial charge in [0, 0.05) is 12.3 Å². The number of hydrogen-bond donors (Lipinski definition) is 3. The summed E-state index contributed by atoms with van der Waals surface area (Å²) in [7, 11) is -2.14. The Morgan fingerprint density at radius 1 is 1.29 bits per heavy atom. The van der Waals surface area contributed by atoms with Gasteiger partial charge in [-0.3, -0.25) is 0 Å². The highest BCUT2D eigenvalue weighted by molar-refractivity contribution is 7.89. The Morgan fingerprint density at radius 3 is 2.67 bits per heavy atom. The number of nitrogen functional groups attached to an aromatic ring is 1. The average Bonchev–Trinajstić information content (AvgIpc) is 3.19. The molecule has 1 aliphatic heterocycles. The molecule has 3 rings (SSSR count). The fourth-order valence-corrected chi connectivity index (χ4v) is 3.70. The summed E-state index contributed by atoms with van der Waals surface area (Å²) < 4.78 is 31.7. The molecule has 1 saturated carbocycles. The van der Waals surface area contributed by atoms with Crippen LogP contribution in [0.25, 0.3) is 0 Å². The largest absolute Gasteiger partial charge is 0.398 e. The molecule has 0 bridgehead atoms. The third kappa shape index (κ3) is 3.00. The number of anilines is 2. The summed E-state index contributed by atoms with van der Waals surface area (Å²) in [6.07, 6.45) is 3.72. The third-order valence-electron chi connectivity index (χ3n) is 4.14. The molecule has 0 amide bonds. The molecule has 1 heterocycles. The second-order valence-electron chi connectivity index (χ2n) is 5.67. The van der Waals surface area contributed by atoms with Crippen molar-refractivity contribution in [2.24, 2.45) is 5.92 Å². The first kappa shape index (κ1) is 14.6. The number of nitrogens with one attached hydrogen (secondary N) is 2. The lowest BCUT2D eigenvalue weighted by Crippen LogP contribution is -2.31. The van der Waals surface area contributed by atoms with E-state index in [0.717, 1.165) is 18.7 Å². The van der Waals surface area contributed by atoms with Gasteiger partial charge in [-0.1, -0.05) is 0 Å². The van der Waals surface area contributed by atoms with Gasteiger partial charge in [0.2, 0.25) is 10.0 Å². The maximum atomic E-state index is 11.8. The van der Waals surface area contributed by atoms with Crippen molar-refractivity contribution in [2.75, 3.05) is 24.7 Å². The zero-order valence-electron chi connectivity index (χ0n) is 12.0. The van der Waals surface area contributed by atoms with E-state index in [4.69, 9.17) is 10.5 Å². The molecule has 0 radical (unpaired) electrons. The van der Waals surface area contributed by atoms with Crippen LogP contribution in [0.1, 0.15) is 19.3 Å². The van der Waals surface area contributed by atoms with Crippen LogP contribution in [0.4, 0.5) is 11.4 Å². The molecule has 0 spiro atoms. The summed E-state index contributed by atoms with van der Waals surface area (Å²) in [6.45, 7) is 0.778. The number of benzene rings is 1. The van der Waals surface area contributed by atoms with E-state index in [1.54, 1.807) is 12.1 Å². The average molecular weight is 311 g/mol. The Labute approximate surface area is 125 Å². The van der Waals surface area contributed by atoms with Crippen molar-refractivity contribution in [3.8, 4) is 0 Å². The second kappa shape index (κ2) is 5.47. The van der Waals surface area contributed by atoms with Crippen LogP contribution >= 0.6 is 0 Å². The molecule has 116 valence electrons. The number of ether oxygens (including phenoxy) is 1. The third-order valence-corrected chi connectivity index (χ3v) is 5.63. The molecule has 2 fully saturated rings. The van der Waals surface area contributed by atoms with E-state index in [0.29, 0.717) is 5.92 Å². The van der Waals surface area contributed by atoms with E-state index in [1.165, 1.54) is 26.0 Å². The molecule has 2 atom stereocenters. The number of rotatable bonds is 5. The molecule has 2 unspecified atom stereocenters. The number of hydrogen-bond acceptors (Lipinski definition) is 5. The molecule has 1 aromatic rings. The minimum atomic E-state index is -3.51. The predicted molar refractivity (Wildman–Crippen MR) is 81.6 cm³/mol. The molecular formula is C14H21N3O3S. The van der Waals surface area contributed by atoms with Gasteiger partial charge in [0.05, 0.1) is 17.8 Å². The fourth-order valence-electron chi connectivity index (χ4n) is 2.86. The van der Waals surface area contributed by atoms with E-state index < -0.39 is 10.0 Å². The van der Waals surface area contributed by atoms with E-state index in [-0.39, 0.29) is 22.7 Å². The molecule has 2 aliphatic rings. The maximum absolute atomic E-state index is 11.8. The fraction of sp³-hybridized carbons (Fsp3) is 0.571. The van der Waals surface area contributed by atoms with Crippen LogP contribution < -0.4 is 15.8 Å². The van der Waals surface area contributed by atoms with Crippen molar-refractivity contribution in [1.82, 2.24) is 4.72 Å². The van der Waals surface area contributed by atoms with Gasteiger partial charge in [0.1, 0.15) is 4.90 Å². The van der Waals surface area contributed by atoms with Gasteiger partial charge in [-0.15, -0.1) is 0 Å². The van der Waals surface area contributed by atoms with Crippen LogP contribution in [0.3, 0.4) is 0 Å². The summed E-state index contributed by atoms with van der Waals surface area (Å²) >= 11 is 0. The van der Waals surface area contributed by atoms with Gasteiger partial charge in [-0.2, -0.15) is 0 Å². The Balaban J connectivity index is 1.76. The first-order valence-electron chi connectivity index (χ1n) is 7.22. The van der Waals surface area contributed by atoms with Gasteiger partial charge < -0.3 is 15.8 Å². The highest BCUT2D eigenvalue weighted by atomic mass is 32.2. The van der Waals surface area contributed by atoms with E-state index in [2.05, 4.69) is 10.0 Å². The molecule has 4 N–H and O–H groups in total. The Hall–Kier alpha value is -1.31. The first-order valence-corrected chi connectivity index (χ1v) is 8.71. The SMILES string of the molecule is CNS(=O)(=O)c1ccc(NC2CCOC2C2CC2)cc1N. The van der Waals surface area contributed by atoms with E-state index in [9.17, 15) is 8.42 Å². The standard InChI is InChI=1S/C14H21N3O3S/c1-16-21(18,19)13-5-4-10(8-11(13)15)17-12-6-7-20-14(12)9-2-3-9/h4-5,8-9,12,14,16-17H,2-3,6-7,15H2,1H3. The lowest BCUT2D eigenvalue weighted by Gasteiger charge is -2.21. The Bertz CT molecular complexity index is 628. The van der Waals surface area contributed by atoms with Crippen molar-refractivity contribution in [2.45, 2.75) is 36.3 Å². The molecule has 1 saturated heterocycles. The highest BCUT2D eigenvalue weighted by Crippen LogP contribution is 2.39. The molecule has 1 aromatic carbocycles. The molecule has 6 nitrogen and oxygen atoms in total. The smallest absolute Gasteiger partial charge is 0.242 e. The van der Waals surface area contributed by atoms with Crippen LogP contribution in [-0.2, 0) is 14.8 Å². The van der Waals surface area contributed by atoms with Crippen molar-refractivity contribution in [3.63, 3.8) is 0 Å². The van der Waals surface area contributed by atoms with Crippen molar-refractivity contribution < 1.29 is 13.2 Å². The Morgan fingerprint density at radius 2 is 2.05 bits per heavy atom. The summed E-state index contributed by atoms with van der Waals surface area (Å²) in [5, 5.41) is 3.43. The van der Waals surface area contributed by atoms with Crippen LogP contribution in [0.2, 0.25) is 0 Å². The monoisotopic (exact) mass is 311 g/mol. The molecule has 0 aromatic heterocycles. The van der Waals surface area contributed by atoms with Crippen LogP contribution in [0, 0.1) is 5.92 Å². The van der Waals surface area contributed by atoms with Gasteiger partial charge in [-0.05, 0) is 50.4 Å². The normalized spacial score (nSPS) is 26.0. The quantitative estimate of drug-likeness (QED) is 0.709. The highest BCUT2D eigenvalue weighted by Gasteiger charge is 2.40. The summed E-state index contributed by atoms with van der Waals surface area (Å²) in [6, 6.07) is 5.24. The number of sulfonamides is 1. The lowest BCUT2D eigenvalue weighted by molar-refractivity contribution is 0.0898. The van der Waals surface area contributed by atoms with Gasteiger partial charge in [0.15, 0.2) is 0 Å². The maximum Gasteiger partial charge on any atom is 0.242 e. The minimum Gasteiger partial charge on any atom is -0.398 e. The van der Waals surface area contributed by atoms with Crippen molar-refractivity contribution >= 4 is 21.4 Å². The van der Waals surface area contributed by atoms with E-state index in [1.807, 2.05) is 0 Å². The summed E-state index contributed by atoms with van der Waals surface area (Å²) in [5.74, 6) is 0.672. The van der Waals surface area contributed by atoms with Crippen molar-refractivity contribution in [1.29, 1.82) is 0 Å². The van der Waals surface area contributed by atoms with Crippen molar-refractivity contribution in [3.05, 3.63) is 18.2 Å². The van der Waals surface area contributed by atoms with E-state index >= 15 is 0 Å². The number of nitrogens with two attached hydrogens (primary N) is 1. The summed E-state index contributed by atoms with van der Waals surface area (Å²) in [4.78, 5) is 0.108. The second-order valence-corrected chi connectivity index (χ2v) is 7.53. The first-order chi connectivity index (χ1) is 10.0. The van der Waals surface area contributed by atoms with Gasteiger partial charge in [0.25, 0.3) is 0 Å². The molecule has 7 heteroatoms. The minimum absolute atomic E-state index is 0.108. The molecule has 1 aliphatic carbocycles. The van der Waals surface area contributed by atoms with Gasteiger partial charge in [-0.25, -0.2) is 13.1 Å². The summed E-state index contributed by atoms with van der Waals surface area (Å²) in [5.41, 5.74) is 6.96. The van der Waals surface area contributed by atoms with Crippen LogP contribution in [0.5, 0.6) is 0 Å².